The van der Waals surface area contributed by atoms with Crippen molar-refractivity contribution >= 4 is 33.9 Å². The number of fused-ring (bicyclic) bond motifs is 1. The summed E-state index contributed by atoms with van der Waals surface area (Å²) in [6, 6.07) is 8.55. The average molecular weight is 311 g/mol. The van der Waals surface area contributed by atoms with Crippen LogP contribution in [0.15, 0.2) is 30.3 Å². The minimum Gasteiger partial charge on any atom is -0.389 e. The molecule has 0 spiro atoms. The lowest BCUT2D eigenvalue weighted by atomic mass is 10.1. The number of nitrogens with one attached hydrogen (secondary N) is 1. The first-order valence-corrected chi connectivity index (χ1v) is 6.78. The van der Waals surface area contributed by atoms with Crippen molar-refractivity contribution in [3.05, 3.63) is 35.9 Å². The van der Waals surface area contributed by atoms with Crippen LogP contribution in [0.25, 0.3) is 10.9 Å². The Hall–Kier alpha value is -1.89. The van der Waals surface area contributed by atoms with Crippen LogP contribution in [0.3, 0.4) is 0 Å². The van der Waals surface area contributed by atoms with Crippen LogP contribution in [-0.4, -0.2) is 21.7 Å². The molecule has 1 aliphatic rings. The summed E-state index contributed by atoms with van der Waals surface area (Å²) in [5.41, 5.74) is 4.89. The van der Waals surface area contributed by atoms with Gasteiger partial charge in [0.25, 0.3) is 0 Å². The Bertz CT molecular complexity index is 723. The number of halogens is 3. The van der Waals surface area contributed by atoms with Gasteiger partial charge in [-0.25, -0.2) is 4.98 Å². The Morgan fingerprint density at radius 1 is 1.29 bits per heavy atom. The first-order valence-electron chi connectivity index (χ1n) is 6.37. The molecule has 1 heterocycles. The Kier molecular flexibility index (Phi) is 3.05. The Morgan fingerprint density at radius 3 is 2.52 bits per heavy atom. The molecule has 3 rings (SSSR count). The van der Waals surface area contributed by atoms with E-state index in [9.17, 15) is 13.2 Å². The largest absolute Gasteiger partial charge is 0.411 e. The van der Waals surface area contributed by atoms with Gasteiger partial charge in [0.05, 0.1) is 5.52 Å². The second kappa shape index (κ2) is 4.56. The Balaban J connectivity index is 2.06. The Morgan fingerprint density at radius 2 is 1.95 bits per heavy atom. The SMILES string of the molecule is NC(=S)c1cc(NC2(C(F)(F)F)CC2)nc2ccccc12. The van der Waals surface area contributed by atoms with E-state index in [2.05, 4.69) is 10.3 Å². The molecule has 0 aliphatic heterocycles. The standard InChI is InChI=1S/C14H12F3N3S/c15-14(16,17)13(5-6-13)20-11-7-9(12(18)21)8-3-1-2-4-10(8)19-11/h1-4,7H,5-6H2,(H2,18,21)(H,19,20). The maximum Gasteiger partial charge on any atom is 0.411 e. The number of hydrogen-bond acceptors (Lipinski definition) is 3. The minimum absolute atomic E-state index is 0.0490. The zero-order valence-corrected chi connectivity index (χ0v) is 11.7. The predicted octanol–water partition coefficient (Wildman–Crippen LogP) is 3.38. The van der Waals surface area contributed by atoms with Crippen LogP contribution in [0, 0.1) is 0 Å². The van der Waals surface area contributed by atoms with E-state index in [1.54, 1.807) is 24.3 Å². The molecule has 0 atom stereocenters. The summed E-state index contributed by atoms with van der Waals surface area (Å²) in [5, 5.41) is 3.23. The van der Waals surface area contributed by atoms with Gasteiger partial charge in [0.2, 0.25) is 0 Å². The minimum atomic E-state index is -4.30. The van der Waals surface area contributed by atoms with Crippen LogP contribution in [0.5, 0.6) is 0 Å². The Labute approximate surface area is 124 Å². The number of para-hydroxylation sites is 1. The van der Waals surface area contributed by atoms with Gasteiger partial charge in [-0.3, -0.25) is 0 Å². The highest BCUT2D eigenvalue weighted by atomic mass is 32.1. The highest BCUT2D eigenvalue weighted by Gasteiger charge is 2.63. The third-order valence-corrected chi connectivity index (χ3v) is 3.86. The van der Waals surface area contributed by atoms with Gasteiger partial charge in [-0.15, -0.1) is 0 Å². The number of aromatic nitrogens is 1. The molecule has 110 valence electrons. The van der Waals surface area contributed by atoms with Gasteiger partial charge in [-0.05, 0) is 25.0 Å². The number of nitrogens with zero attached hydrogens (tertiary/aromatic N) is 1. The monoisotopic (exact) mass is 311 g/mol. The summed E-state index contributed by atoms with van der Waals surface area (Å²) in [6.45, 7) is 0. The number of alkyl halides is 3. The van der Waals surface area contributed by atoms with E-state index < -0.39 is 11.7 Å². The fraction of sp³-hybridized carbons (Fsp3) is 0.286. The van der Waals surface area contributed by atoms with E-state index in [0.717, 1.165) is 5.39 Å². The summed E-state index contributed by atoms with van der Waals surface area (Å²) in [4.78, 5) is 4.36. The van der Waals surface area contributed by atoms with Crippen molar-refractivity contribution in [1.82, 2.24) is 4.98 Å². The molecule has 3 nitrogen and oxygen atoms in total. The van der Waals surface area contributed by atoms with Gasteiger partial charge in [0.1, 0.15) is 16.3 Å². The number of hydrogen-bond donors (Lipinski definition) is 2. The van der Waals surface area contributed by atoms with E-state index in [4.69, 9.17) is 18.0 Å². The second-order valence-corrected chi connectivity index (χ2v) is 5.58. The van der Waals surface area contributed by atoms with E-state index in [1.807, 2.05) is 0 Å². The van der Waals surface area contributed by atoms with Crippen molar-refractivity contribution < 1.29 is 13.2 Å². The van der Waals surface area contributed by atoms with Crippen molar-refractivity contribution in [2.24, 2.45) is 5.73 Å². The highest BCUT2D eigenvalue weighted by molar-refractivity contribution is 7.80. The molecular formula is C14H12F3N3S. The number of benzene rings is 1. The van der Waals surface area contributed by atoms with Gasteiger partial charge in [0.15, 0.2) is 0 Å². The summed E-state index contributed by atoms with van der Waals surface area (Å²) in [6.07, 6.45) is -4.20. The van der Waals surface area contributed by atoms with Gasteiger partial charge in [0, 0.05) is 10.9 Å². The molecule has 21 heavy (non-hydrogen) atoms. The van der Waals surface area contributed by atoms with E-state index in [0.29, 0.717) is 11.1 Å². The highest BCUT2D eigenvalue weighted by Crippen LogP contribution is 2.51. The van der Waals surface area contributed by atoms with Crippen molar-refractivity contribution in [1.29, 1.82) is 0 Å². The molecule has 1 aliphatic carbocycles. The first kappa shape index (κ1) is 14.1. The molecule has 7 heteroatoms. The van der Waals surface area contributed by atoms with Crippen LogP contribution in [0.2, 0.25) is 0 Å². The molecule has 0 amide bonds. The zero-order valence-electron chi connectivity index (χ0n) is 10.9. The van der Waals surface area contributed by atoms with Gasteiger partial charge in [-0.1, -0.05) is 30.4 Å². The number of nitrogens with two attached hydrogens (primary N) is 1. The molecule has 1 fully saturated rings. The molecule has 0 unspecified atom stereocenters. The molecule has 0 radical (unpaired) electrons. The summed E-state index contributed by atoms with van der Waals surface area (Å²) < 4.78 is 39.0. The smallest absolute Gasteiger partial charge is 0.389 e. The molecule has 0 bridgehead atoms. The van der Waals surface area contributed by atoms with Gasteiger partial charge in [-0.2, -0.15) is 13.2 Å². The van der Waals surface area contributed by atoms with Crippen LogP contribution < -0.4 is 11.1 Å². The van der Waals surface area contributed by atoms with Crippen LogP contribution in [-0.2, 0) is 0 Å². The van der Waals surface area contributed by atoms with E-state index in [1.165, 1.54) is 6.07 Å². The van der Waals surface area contributed by atoms with Crippen LogP contribution in [0.1, 0.15) is 18.4 Å². The van der Waals surface area contributed by atoms with Crippen LogP contribution >= 0.6 is 12.2 Å². The zero-order chi connectivity index (χ0) is 15.3. The first-order chi connectivity index (χ1) is 9.82. The average Bonchev–Trinajstić information content (AvgIpc) is 3.18. The van der Waals surface area contributed by atoms with Crippen molar-refractivity contribution in [3.63, 3.8) is 0 Å². The molecule has 3 N–H and O–H groups in total. The number of thiocarbonyl (C=S) groups is 1. The normalized spacial score (nSPS) is 16.7. The second-order valence-electron chi connectivity index (χ2n) is 5.14. The lowest BCUT2D eigenvalue weighted by Gasteiger charge is -2.22. The summed E-state index contributed by atoms with van der Waals surface area (Å²) >= 11 is 4.98. The molecule has 2 aromatic rings. The van der Waals surface area contributed by atoms with Gasteiger partial charge >= 0.3 is 6.18 Å². The van der Waals surface area contributed by atoms with E-state index >= 15 is 0 Å². The molecule has 0 saturated heterocycles. The fourth-order valence-electron chi connectivity index (χ4n) is 2.29. The molecule has 1 aromatic heterocycles. The van der Waals surface area contributed by atoms with Crippen molar-refractivity contribution in [2.75, 3.05) is 5.32 Å². The summed E-state index contributed by atoms with van der Waals surface area (Å²) in [5.74, 6) is 0.145. The van der Waals surface area contributed by atoms with Crippen LogP contribution in [0.4, 0.5) is 19.0 Å². The molecule has 1 saturated carbocycles. The number of rotatable bonds is 3. The fourth-order valence-corrected chi connectivity index (χ4v) is 2.46. The van der Waals surface area contributed by atoms with Crippen molar-refractivity contribution in [3.8, 4) is 0 Å². The lowest BCUT2D eigenvalue weighted by Crippen LogP contribution is -2.39. The third kappa shape index (κ3) is 2.42. The number of anilines is 1. The molecule has 1 aromatic carbocycles. The topological polar surface area (TPSA) is 50.9 Å². The maximum absolute atomic E-state index is 13.0. The quantitative estimate of drug-likeness (QED) is 0.853. The van der Waals surface area contributed by atoms with Crippen molar-refractivity contribution in [2.45, 2.75) is 24.6 Å². The lowest BCUT2D eigenvalue weighted by molar-refractivity contribution is -0.151. The summed E-state index contributed by atoms with van der Waals surface area (Å²) in [7, 11) is 0. The molecular weight excluding hydrogens is 299 g/mol. The maximum atomic E-state index is 13.0. The third-order valence-electron chi connectivity index (χ3n) is 3.64. The number of pyridine rings is 1. The van der Waals surface area contributed by atoms with E-state index in [-0.39, 0.29) is 23.6 Å². The predicted molar refractivity (Wildman–Crippen MR) is 79.3 cm³/mol. The van der Waals surface area contributed by atoms with Gasteiger partial charge < -0.3 is 11.1 Å².